The highest BCUT2D eigenvalue weighted by molar-refractivity contribution is 6.30. The van der Waals surface area contributed by atoms with Crippen molar-refractivity contribution in [3.8, 4) is 16.9 Å². The minimum absolute atomic E-state index is 0. The lowest BCUT2D eigenvalue weighted by Crippen LogP contribution is -2.35. The molecular weight excluding hydrogens is 407 g/mol. The number of carbonyl (C=O) groups is 1. The van der Waals surface area contributed by atoms with Crippen LogP contribution in [0.5, 0.6) is 0 Å². The summed E-state index contributed by atoms with van der Waals surface area (Å²) in [5.41, 5.74) is 3.78. The standard InChI is InChI=1S/C22H25ClN4O.ClH/c1-16(13-24-2)22(28)26(3)14-18-15-27(20-7-5-4-6-8-20)25-21(18)17-9-11-19(23)12-10-17;/h4-12,15-16,24H,13-14H2,1-3H3;1H. The van der Waals surface area contributed by atoms with Gasteiger partial charge in [0, 0.05) is 48.4 Å². The number of nitrogens with zero attached hydrogens (tertiary/aromatic N) is 3. The summed E-state index contributed by atoms with van der Waals surface area (Å²) in [7, 11) is 3.69. The minimum Gasteiger partial charge on any atom is -0.341 e. The Morgan fingerprint density at radius 1 is 1.17 bits per heavy atom. The molecule has 0 bridgehead atoms. The maximum absolute atomic E-state index is 12.6. The highest BCUT2D eigenvalue weighted by atomic mass is 35.5. The van der Waals surface area contributed by atoms with Crippen molar-refractivity contribution < 1.29 is 4.79 Å². The Morgan fingerprint density at radius 3 is 2.45 bits per heavy atom. The number of amides is 1. The lowest BCUT2D eigenvalue weighted by atomic mass is 10.1. The van der Waals surface area contributed by atoms with E-state index in [1.165, 1.54) is 0 Å². The number of halogens is 2. The number of nitrogens with one attached hydrogen (secondary N) is 1. The number of benzene rings is 2. The Hall–Kier alpha value is -2.34. The third-order valence-electron chi connectivity index (χ3n) is 4.64. The molecule has 7 heteroatoms. The predicted molar refractivity (Wildman–Crippen MR) is 121 cm³/mol. The van der Waals surface area contributed by atoms with Gasteiger partial charge in [0.15, 0.2) is 0 Å². The van der Waals surface area contributed by atoms with Crippen molar-refractivity contribution in [3.05, 3.63) is 71.4 Å². The quantitative estimate of drug-likeness (QED) is 0.600. The first-order valence-electron chi connectivity index (χ1n) is 9.29. The van der Waals surface area contributed by atoms with E-state index in [0.29, 0.717) is 18.1 Å². The molecule has 0 fully saturated rings. The van der Waals surface area contributed by atoms with Crippen molar-refractivity contribution in [2.24, 2.45) is 5.92 Å². The van der Waals surface area contributed by atoms with Crippen LogP contribution in [-0.2, 0) is 11.3 Å². The largest absolute Gasteiger partial charge is 0.341 e. The number of para-hydroxylation sites is 1. The van der Waals surface area contributed by atoms with E-state index in [4.69, 9.17) is 16.7 Å². The molecule has 29 heavy (non-hydrogen) atoms. The normalized spacial score (nSPS) is 11.6. The second-order valence-electron chi connectivity index (χ2n) is 6.94. The van der Waals surface area contributed by atoms with E-state index in [2.05, 4.69) is 5.32 Å². The smallest absolute Gasteiger partial charge is 0.226 e. The topological polar surface area (TPSA) is 50.2 Å². The van der Waals surface area contributed by atoms with Gasteiger partial charge in [0.1, 0.15) is 0 Å². The predicted octanol–water partition coefficient (Wildman–Crippen LogP) is 4.43. The van der Waals surface area contributed by atoms with E-state index in [1.807, 2.05) is 86.5 Å². The molecule has 0 saturated heterocycles. The van der Waals surface area contributed by atoms with Crippen LogP contribution in [0, 0.1) is 5.92 Å². The molecule has 1 heterocycles. The van der Waals surface area contributed by atoms with Crippen LogP contribution in [0.15, 0.2) is 60.8 Å². The Balaban J connectivity index is 0.00000300. The molecule has 1 atom stereocenters. The molecule has 154 valence electrons. The molecule has 0 aliphatic heterocycles. The monoisotopic (exact) mass is 432 g/mol. The lowest BCUT2D eigenvalue weighted by molar-refractivity contribution is -0.134. The van der Waals surface area contributed by atoms with Crippen LogP contribution < -0.4 is 5.32 Å². The van der Waals surface area contributed by atoms with E-state index < -0.39 is 0 Å². The molecule has 5 nitrogen and oxygen atoms in total. The van der Waals surface area contributed by atoms with Gasteiger partial charge in [-0.3, -0.25) is 4.79 Å². The summed E-state index contributed by atoms with van der Waals surface area (Å²) in [6.07, 6.45) is 1.99. The van der Waals surface area contributed by atoms with Crippen LogP contribution in [-0.4, -0.2) is 41.2 Å². The summed E-state index contributed by atoms with van der Waals surface area (Å²) in [5.74, 6) is 0.0158. The number of aromatic nitrogens is 2. The maximum atomic E-state index is 12.6. The summed E-state index contributed by atoms with van der Waals surface area (Å²) >= 11 is 6.05. The molecule has 3 aromatic rings. The summed E-state index contributed by atoms with van der Waals surface area (Å²) in [6, 6.07) is 17.6. The molecular formula is C22H26Cl2N4O. The maximum Gasteiger partial charge on any atom is 0.226 e. The minimum atomic E-state index is -0.0850. The Kier molecular flexibility index (Phi) is 8.26. The first-order valence-corrected chi connectivity index (χ1v) is 9.67. The zero-order valence-electron chi connectivity index (χ0n) is 16.8. The van der Waals surface area contributed by atoms with Gasteiger partial charge in [-0.15, -0.1) is 12.4 Å². The summed E-state index contributed by atoms with van der Waals surface area (Å²) in [6.45, 7) is 3.07. The van der Waals surface area contributed by atoms with Gasteiger partial charge in [-0.05, 0) is 31.3 Å². The highest BCUT2D eigenvalue weighted by Gasteiger charge is 2.20. The zero-order chi connectivity index (χ0) is 20.1. The van der Waals surface area contributed by atoms with Crippen LogP contribution >= 0.6 is 24.0 Å². The van der Waals surface area contributed by atoms with E-state index in [0.717, 1.165) is 22.5 Å². The van der Waals surface area contributed by atoms with E-state index >= 15 is 0 Å². The fourth-order valence-corrected chi connectivity index (χ4v) is 3.32. The zero-order valence-corrected chi connectivity index (χ0v) is 18.4. The third kappa shape index (κ3) is 5.60. The SMILES string of the molecule is CNCC(C)C(=O)N(C)Cc1cn(-c2ccccc2)nc1-c1ccc(Cl)cc1.Cl. The van der Waals surface area contributed by atoms with Gasteiger partial charge in [-0.25, -0.2) is 4.68 Å². The number of carbonyl (C=O) groups excluding carboxylic acids is 1. The number of hydrogen-bond acceptors (Lipinski definition) is 3. The molecule has 0 aliphatic carbocycles. The second-order valence-corrected chi connectivity index (χ2v) is 7.38. The molecule has 0 radical (unpaired) electrons. The summed E-state index contributed by atoms with van der Waals surface area (Å²) in [4.78, 5) is 14.4. The average molecular weight is 433 g/mol. The summed E-state index contributed by atoms with van der Waals surface area (Å²) < 4.78 is 1.86. The second kappa shape index (κ2) is 10.4. The fraction of sp³-hybridized carbons (Fsp3) is 0.273. The van der Waals surface area contributed by atoms with E-state index in [9.17, 15) is 4.79 Å². The van der Waals surface area contributed by atoms with Crippen LogP contribution in [0.3, 0.4) is 0 Å². The fourth-order valence-electron chi connectivity index (χ4n) is 3.19. The highest BCUT2D eigenvalue weighted by Crippen LogP contribution is 2.26. The molecule has 1 aromatic heterocycles. The molecule has 1 N–H and O–H groups in total. The van der Waals surface area contributed by atoms with Gasteiger partial charge < -0.3 is 10.2 Å². The molecule has 1 amide bonds. The lowest BCUT2D eigenvalue weighted by Gasteiger charge is -2.21. The first-order chi connectivity index (χ1) is 13.5. The van der Waals surface area contributed by atoms with Crippen LogP contribution in [0.1, 0.15) is 12.5 Å². The summed E-state index contributed by atoms with van der Waals surface area (Å²) in [5, 5.41) is 8.54. The molecule has 1 unspecified atom stereocenters. The molecule has 0 aliphatic rings. The first kappa shape index (κ1) is 22.9. The van der Waals surface area contributed by atoms with Crippen molar-refractivity contribution >= 4 is 29.9 Å². The van der Waals surface area contributed by atoms with Gasteiger partial charge in [-0.2, -0.15) is 5.10 Å². The number of rotatable bonds is 7. The Labute approximate surface area is 183 Å². The van der Waals surface area contributed by atoms with Crippen molar-refractivity contribution in [1.29, 1.82) is 0 Å². The van der Waals surface area contributed by atoms with Crippen LogP contribution in [0.4, 0.5) is 0 Å². The van der Waals surface area contributed by atoms with Gasteiger partial charge in [0.25, 0.3) is 0 Å². The van der Waals surface area contributed by atoms with Gasteiger partial charge in [-0.1, -0.05) is 48.9 Å². The Bertz CT molecular complexity index is 926. The van der Waals surface area contributed by atoms with Crippen LogP contribution in [0.2, 0.25) is 5.02 Å². The molecule has 3 rings (SSSR count). The Morgan fingerprint density at radius 2 is 1.83 bits per heavy atom. The van der Waals surface area contributed by atoms with Crippen molar-refractivity contribution in [2.75, 3.05) is 20.6 Å². The number of hydrogen-bond donors (Lipinski definition) is 1. The van der Waals surface area contributed by atoms with Crippen LogP contribution in [0.25, 0.3) is 16.9 Å². The van der Waals surface area contributed by atoms with E-state index in [-0.39, 0.29) is 24.2 Å². The third-order valence-corrected chi connectivity index (χ3v) is 4.90. The average Bonchev–Trinajstić information content (AvgIpc) is 3.12. The molecule has 0 spiro atoms. The van der Waals surface area contributed by atoms with Gasteiger partial charge in [0.2, 0.25) is 5.91 Å². The van der Waals surface area contributed by atoms with Crippen molar-refractivity contribution in [2.45, 2.75) is 13.5 Å². The van der Waals surface area contributed by atoms with Crippen molar-refractivity contribution in [1.82, 2.24) is 20.0 Å². The van der Waals surface area contributed by atoms with Gasteiger partial charge >= 0.3 is 0 Å². The van der Waals surface area contributed by atoms with Gasteiger partial charge in [0.05, 0.1) is 11.4 Å². The molecule has 0 saturated carbocycles. The van der Waals surface area contributed by atoms with Crippen molar-refractivity contribution in [3.63, 3.8) is 0 Å². The molecule has 2 aromatic carbocycles. The van der Waals surface area contributed by atoms with E-state index in [1.54, 1.807) is 4.90 Å².